The molecule has 18 heavy (non-hydrogen) atoms. The van der Waals surface area contributed by atoms with Crippen LogP contribution in [0.3, 0.4) is 0 Å². The number of rotatable bonds is 2. The molecule has 1 heterocycles. The van der Waals surface area contributed by atoms with Crippen LogP contribution in [0.4, 0.5) is 0 Å². The molecule has 102 valence electrons. The monoisotopic (exact) mass is 285 g/mol. The van der Waals surface area contributed by atoms with Crippen LogP contribution >= 0.6 is 22.9 Å². The van der Waals surface area contributed by atoms with Crippen LogP contribution in [-0.4, -0.2) is 6.54 Å². The van der Waals surface area contributed by atoms with Gasteiger partial charge in [0, 0.05) is 4.88 Å². The van der Waals surface area contributed by atoms with Crippen LogP contribution in [0.25, 0.3) is 0 Å². The summed E-state index contributed by atoms with van der Waals surface area (Å²) in [5.41, 5.74) is 6.36. The lowest BCUT2D eigenvalue weighted by Gasteiger charge is -2.41. The van der Waals surface area contributed by atoms with Crippen molar-refractivity contribution < 1.29 is 0 Å². The molecular formula is C15H24ClNS. The van der Waals surface area contributed by atoms with E-state index in [4.69, 9.17) is 17.3 Å². The van der Waals surface area contributed by atoms with E-state index < -0.39 is 0 Å². The van der Waals surface area contributed by atoms with Gasteiger partial charge < -0.3 is 5.73 Å². The van der Waals surface area contributed by atoms with Gasteiger partial charge in [-0.3, -0.25) is 0 Å². The van der Waals surface area contributed by atoms with Gasteiger partial charge in [-0.25, -0.2) is 0 Å². The summed E-state index contributed by atoms with van der Waals surface area (Å²) in [5, 5.41) is 3.05. The van der Waals surface area contributed by atoms with E-state index in [1.54, 1.807) is 11.3 Å². The van der Waals surface area contributed by atoms with E-state index >= 15 is 0 Å². The Morgan fingerprint density at radius 1 is 1.39 bits per heavy atom. The molecule has 0 spiro atoms. The maximum Gasteiger partial charge on any atom is 0.0547 e. The molecule has 1 fully saturated rings. The normalized spacial score (nSPS) is 29.5. The van der Waals surface area contributed by atoms with E-state index in [2.05, 4.69) is 26.2 Å². The maximum atomic E-state index is 6.33. The Hall–Kier alpha value is -0.0500. The number of halogens is 1. The Morgan fingerprint density at radius 3 is 2.61 bits per heavy atom. The Labute approximate surface area is 120 Å². The summed E-state index contributed by atoms with van der Waals surface area (Å²) in [4.78, 5) is 1.36. The largest absolute Gasteiger partial charge is 0.330 e. The van der Waals surface area contributed by atoms with Gasteiger partial charge in [0.1, 0.15) is 0 Å². The molecule has 3 atom stereocenters. The van der Waals surface area contributed by atoms with Crippen LogP contribution in [0.2, 0.25) is 5.02 Å². The van der Waals surface area contributed by atoms with Crippen molar-refractivity contribution in [3.63, 3.8) is 0 Å². The smallest absolute Gasteiger partial charge is 0.0547 e. The molecule has 0 aromatic carbocycles. The molecule has 0 saturated heterocycles. The molecule has 1 aliphatic carbocycles. The number of hydrogen-bond donors (Lipinski definition) is 1. The molecule has 0 radical (unpaired) electrons. The van der Waals surface area contributed by atoms with Gasteiger partial charge in [-0.1, -0.05) is 32.4 Å². The van der Waals surface area contributed by atoms with Gasteiger partial charge in [0.15, 0.2) is 0 Å². The van der Waals surface area contributed by atoms with E-state index in [0.29, 0.717) is 17.3 Å². The van der Waals surface area contributed by atoms with Crippen LogP contribution in [0, 0.1) is 17.3 Å². The fourth-order valence-electron chi connectivity index (χ4n) is 3.19. The Balaban J connectivity index is 2.21. The lowest BCUT2D eigenvalue weighted by atomic mass is 9.65. The third kappa shape index (κ3) is 2.92. The molecule has 1 saturated carbocycles. The van der Waals surface area contributed by atoms with Crippen LogP contribution < -0.4 is 5.73 Å². The summed E-state index contributed by atoms with van der Waals surface area (Å²) in [7, 11) is 0. The van der Waals surface area contributed by atoms with Crippen molar-refractivity contribution in [2.24, 2.45) is 23.0 Å². The second-order valence-corrected chi connectivity index (χ2v) is 7.97. The molecular weight excluding hydrogens is 262 g/mol. The quantitative estimate of drug-likeness (QED) is 0.821. The van der Waals surface area contributed by atoms with Gasteiger partial charge in [0.2, 0.25) is 0 Å². The van der Waals surface area contributed by atoms with Gasteiger partial charge in [0.05, 0.1) is 5.02 Å². The van der Waals surface area contributed by atoms with Gasteiger partial charge in [-0.05, 0) is 60.4 Å². The zero-order chi connectivity index (χ0) is 13.3. The van der Waals surface area contributed by atoms with Crippen LogP contribution in [0.15, 0.2) is 11.4 Å². The van der Waals surface area contributed by atoms with Crippen molar-refractivity contribution in [3.8, 4) is 0 Å². The number of hydrogen-bond acceptors (Lipinski definition) is 2. The van der Waals surface area contributed by atoms with Gasteiger partial charge in [-0.15, -0.1) is 11.3 Å². The van der Waals surface area contributed by atoms with Crippen molar-refractivity contribution >= 4 is 22.9 Å². The number of thiophene rings is 1. The number of nitrogens with two attached hydrogens (primary N) is 1. The molecule has 0 bridgehead atoms. The predicted molar refractivity (Wildman–Crippen MR) is 81.4 cm³/mol. The SMILES string of the molecule is CC(C)(C)C1CCC(CN)C(c2sccc2Cl)C1. The first-order chi connectivity index (χ1) is 8.43. The van der Waals surface area contributed by atoms with Crippen molar-refractivity contribution in [2.45, 2.75) is 46.0 Å². The third-order valence-corrected chi connectivity index (χ3v) is 5.99. The van der Waals surface area contributed by atoms with E-state index in [1.165, 1.54) is 24.1 Å². The summed E-state index contributed by atoms with van der Waals surface area (Å²) < 4.78 is 0. The predicted octanol–water partition coefficient (Wildman–Crippen LogP) is 4.91. The molecule has 1 aromatic rings. The van der Waals surface area contributed by atoms with Crippen molar-refractivity contribution in [1.29, 1.82) is 0 Å². The van der Waals surface area contributed by atoms with Gasteiger partial charge in [-0.2, -0.15) is 0 Å². The first kappa shape index (κ1) is 14.4. The van der Waals surface area contributed by atoms with Crippen LogP contribution in [0.5, 0.6) is 0 Å². The summed E-state index contributed by atoms with van der Waals surface area (Å²) in [6.07, 6.45) is 3.80. The Kier molecular flexibility index (Phi) is 4.40. The molecule has 2 rings (SSSR count). The highest BCUT2D eigenvalue weighted by molar-refractivity contribution is 7.10. The summed E-state index contributed by atoms with van der Waals surface area (Å²) in [5.74, 6) is 1.96. The molecule has 1 aromatic heterocycles. The summed E-state index contributed by atoms with van der Waals surface area (Å²) in [6.45, 7) is 7.85. The second kappa shape index (κ2) is 5.52. The Bertz CT molecular complexity index is 393. The average Bonchev–Trinajstić information content (AvgIpc) is 2.73. The highest BCUT2D eigenvalue weighted by Gasteiger charge is 2.37. The highest BCUT2D eigenvalue weighted by atomic mass is 35.5. The minimum Gasteiger partial charge on any atom is -0.330 e. The molecule has 0 amide bonds. The molecule has 1 aliphatic rings. The van der Waals surface area contributed by atoms with E-state index in [-0.39, 0.29) is 0 Å². The Morgan fingerprint density at radius 2 is 2.11 bits per heavy atom. The molecule has 3 heteroatoms. The molecule has 2 N–H and O–H groups in total. The van der Waals surface area contributed by atoms with Gasteiger partial charge in [0.25, 0.3) is 0 Å². The van der Waals surface area contributed by atoms with E-state index in [0.717, 1.165) is 17.5 Å². The fourth-order valence-corrected chi connectivity index (χ4v) is 4.60. The minimum absolute atomic E-state index is 0.390. The summed E-state index contributed by atoms with van der Waals surface area (Å²) in [6, 6.07) is 2.02. The van der Waals surface area contributed by atoms with Crippen molar-refractivity contribution in [3.05, 3.63) is 21.3 Å². The van der Waals surface area contributed by atoms with E-state index in [1.807, 2.05) is 6.07 Å². The van der Waals surface area contributed by atoms with Crippen LogP contribution in [0.1, 0.15) is 50.8 Å². The zero-order valence-corrected chi connectivity index (χ0v) is 13.2. The van der Waals surface area contributed by atoms with Crippen LogP contribution in [-0.2, 0) is 0 Å². The van der Waals surface area contributed by atoms with E-state index in [9.17, 15) is 0 Å². The maximum absolute atomic E-state index is 6.33. The first-order valence-corrected chi connectivity index (χ1v) is 8.12. The highest BCUT2D eigenvalue weighted by Crippen LogP contribution is 2.49. The summed E-state index contributed by atoms with van der Waals surface area (Å²) >= 11 is 8.13. The first-order valence-electron chi connectivity index (χ1n) is 6.86. The van der Waals surface area contributed by atoms with Gasteiger partial charge >= 0.3 is 0 Å². The lowest BCUT2D eigenvalue weighted by molar-refractivity contribution is 0.134. The molecule has 3 unspecified atom stereocenters. The lowest BCUT2D eigenvalue weighted by Crippen LogP contribution is -2.33. The topological polar surface area (TPSA) is 26.0 Å². The molecule has 0 aliphatic heterocycles. The standard InChI is InChI=1S/C15H24ClNS/c1-15(2,3)11-5-4-10(9-17)12(8-11)14-13(16)6-7-18-14/h6-7,10-12H,4-5,8-9,17H2,1-3H3. The zero-order valence-electron chi connectivity index (χ0n) is 11.6. The fraction of sp³-hybridized carbons (Fsp3) is 0.733. The van der Waals surface area contributed by atoms with Crippen molar-refractivity contribution in [2.75, 3.05) is 6.54 Å². The second-order valence-electron chi connectivity index (χ2n) is 6.61. The molecule has 1 nitrogen and oxygen atoms in total. The van der Waals surface area contributed by atoms with Crippen molar-refractivity contribution in [1.82, 2.24) is 0 Å². The third-order valence-electron chi connectivity index (χ3n) is 4.50. The minimum atomic E-state index is 0.390. The average molecular weight is 286 g/mol.